The van der Waals surface area contributed by atoms with E-state index in [1.165, 1.54) is 0 Å². The molecule has 1 unspecified atom stereocenters. The highest BCUT2D eigenvalue weighted by Crippen LogP contribution is 2.10. The normalized spacial score (nSPS) is 19.3. The number of rotatable bonds is 4. The molecule has 2 rings (SSSR count). The van der Waals surface area contributed by atoms with Crippen molar-refractivity contribution in [2.75, 3.05) is 43.0 Å². The van der Waals surface area contributed by atoms with Crippen molar-refractivity contribution < 1.29 is 5.11 Å². The molecule has 1 aromatic heterocycles. The molecule has 0 aromatic carbocycles. The summed E-state index contributed by atoms with van der Waals surface area (Å²) in [5.41, 5.74) is 0. The maximum absolute atomic E-state index is 9.57. The van der Waals surface area contributed by atoms with Gasteiger partial charge in [0.15, 0.2) is 0 Å². The zero-order valence-corrected chi connectivity index (χ0v) is 11.3. The predicted octanol–water partition coefficient (Wildman–Crippen LogP) is 0.354. The van der Waals surface area contributed by atoms with Crippen LogP contribution in [0.4, 0.5) is 5.95 Å². The lowest BCUT2D eigenvalue weighted by Gasteiger charge is -2.35. The van der Waals surface area contributed by atoms with Crippen molar-refractivity contribution in [3.8, 4) is 0 Å². The van der Waals surface area contributed by atoms with Gasteiger partial charge in [-0.2, -0.15) is 0 Å². The molecule has 1 fully saturated rings. The number of aliphatic hydroxyl groups is 1. The molecular weight excluding hydrogens is 284 g/mol. The van der Waals surface area contributed by atoms with Crippen molar-refractivity contribution in [3.05, 3.63) is 18.5 Å². The van der Waals surface area contributed by atoms with Crippen molar-refractivity contribution in [1.82, 2.24) is 14.9 Å². The summed E-state index contributed by atoms with van der Waals surface area (Å²) < 4.78 is 0. The molecule has 0 spiro atoms. The molecule has 0 amide bonds. The van der Waals surface area contributed by atoms with Crippen molar-refractivity contribution in [3.63, 3.8) is 0 Å². The lowest BCUT2D eigenvalue weighted by atomic mass is 10.3. The quantitative estimate of drug-likeness (QED) is 0.814. The van der Waals surface area contributed by atoms with Crippen LogP contribution >= 0.6 is 15.9 Å². The first kappa shape index (κ1) is 12.7. The van der Waals surface area contributed by atoms with E-state index in [0.29, 0.717) is 5.33 Å². The van der Waals surface area contributed by atoms with E-state index in [1.807, 2.05) is 6.07 Å². The van der Waals surface area contributed by atoms with E-state index in [1.54, 1.807) is 12.4 Å². The van der Waals surface area contributed by atoms with Crippen molar-refractivity contribution >= 4 is 21.9 Å². The Morgan fingerprint density at radius 3 is 2.47 bits per heavy atom. The maximum Gasteiger partial charge on any atom is 0.225 e. The van der Waals surface area contributed by atoms with E-state index in [2.05, 4.69) is 35.7 Å². The zero-order valence-electron chi connectivity index (χ0n) is 9.67. The number of aliphatic hydroxyl groups excluding tert-OH is 1. The second-order valence-corrected chi connectivity index (χ2v) is 4.79. The Bertz CT molecular complexity index is 330. The van der Waals surface area contributed by atoms with Crippen LogP contribution < -0.4 is 4.90 Å². The van der Waals surface area contributed by atoms with Gasteiger partial charge in [0, 0.05) is 50.4 Å². The average molecular weight is 301 g/mol. The number of hydrogen-bond donors (Lipinski definition) is 1. The van der Waals surface area contributed by atoms with Crippen LogP contribution in [0.5, 0.6) is 0 Å². The molecule has 0 radical (unpaired) electrons. The molecule has 0 bridgehead atoms. The standard InChI is InChI=1S/C11H17BrN4O/c12-8-10(17)9-15-4-6-16(7-5-15)11-13-2-1-3-14-11/h1-3,10,17H,4-9H2. The summed E-state index contributed by atoms with van der Waals surface area (Å²) in [4.78, 5) is 12.9. The molecule has 1 aromatic rings. The van der Waals surface area contributed by atoms with Crippen LogP contribution in [-0.2, 0) is 0 Å². The summed E-state index contributed by atoms with van der Waals surface area (Å²) in [6.07, 6.45) is 3.25. The molecule has 0 aliphatic carbocycles. The number of anilines is 1. The smallest absolute Gasteiger partial charge is 0.225 e. The van der Waals surface area contributed by atoms with Crippen LogP contribution in [0.1, 0.15) is 0 Å². The van der Waals surface area contributed by atoms with Gasteiger partial charge >= 0.3 is 0 Å². The molecule has 6 heteroatoms. The van der Waals surface area contributed by atoms with Crippen LogP contribution in [0.3, 0.4) is 0 Å². The largest absolute Gasteiger partial charge is 0.391 e. The molecule has 1 saturated heterocycles. The topological polar surface area (TPSA) is 52.5 Å². The molecule has 94 valence electrons. The first-order chi connectivity index (χ1) is 8.29. The molecule has 0 saturated carbocycles. The molecular formula is C11H17BrN4O. The monoisotopic (exact) mass is 300 g/mol. The number of nitrogens with zero attached hydrogens (tertiary/aromatic N) is 4. The van der Waals surface area contributed by atoms with Crippen molar-refractivity contribution in [2.24, 2.45) is 0 Å². The van der Waals surface area contributed by atoms with Gasteiger partial charge in [-0.15, -0.1) is 0 Å². The third-order valence-electron chi connectivity index (χ3n) is 2.85. The number of hydrogen-bond acceptors (Lipinski definition) is 5. The lowest BCUT2D eigenvalue weighted by Crippen LogP contribution is -2.49. The second-order valence-electron chi connectivity index (χ2n) is 4.14. The van der Waals surface area contributed by atoms with Gasteiger partial charge in [-0.1, -0.05) is 15.9 Å². The Kier molecular flexibility index (Phi) is 4.70. The van der Waals surface area contributed by atoms with Gasteiger partial charge in [0.2, 0.25) is 5.95 Å². The summed E-state index contributed by atoms with van der Waals surface area (Å²) in [7, 11) is 0. The number of halogens is 1. The molecule has 2 heterocycles. The third kappa shape index (κ3) is 3.62. The van der Waals surface area contributed by atoms with Crippen LogP contribution in [0.25, 0.3) is 0 Å². The van der Waals surface area contributed by atoms with Gasteiger partial charge in [-0.3, -0.25) is 4.90 Å². The van der Waals surface area contributed by atoms with Crippen molar-refractivity contribution in [2.45, 2.75) is 6.10 Å². The fraction of sp³-hybridized carbons (Fsp3) is 0.636. The molecule has 1 atom stereocenters. The van der Waals surface area contributed by atoms with Gasteiger partial charge < -0.3 is 10.0 Å². The Balaban J connectivity index is 1.82. The minimum absolute atomic E-state index is 0.283. The fourth-order valence-electron chi connectivity index (χ4n) is 1.93. The van der Waals surface area contributed by atoms with Gasteiger partial charge in [0.1, 0.15) is 0 Å². The minimum atomic E-state index is -0.283. The minimum Gasteiger partial charge on any atom is -0.391 e. The van der Waals surface area contributed by atoms with E-state index in [4.69, 9.17) is 0 Å². The average Bonchev–Trinajstić information content (AvgIpc) is 2.40. The number of piperazine rings is 1. The Morgan fingerprint density at radius 2 is 1.88 bits per heavy atom. The SMILES string of the molecule is OC(CBr)CN1CCN(c2ncccn2)CC1. The summed E-state index contributed by atoms with van der Waals surface area (Å²) in [5, 5.41) is 10.2. The van der Waals surface area contributed by atoms with Crippen LogP contribution in [0.15, 0.2) is 18.5 Å². The highest BCUT2D eigenvalue weighted by atomic mass is 79.9. The van der Waals surface area contributed by atoms with Gasteiger partial charge in [-0.05, 0) is 6.07 Å². The summed E-state index contributed by atoms with van der Waals surface area (Å²) in [5.74, 6) is 0.799. The molecule has 1 N–H and O–H groups in total. The van der Waals surface area contributed by atoms with Gasteiger partial charge in [0.25, 0.3) is 0 Å². The first-order valence-electron chi connectivity index (χ1n) is 5.78. The molecule has 5 nitrogen and oxygen atoms in total. The van der Waals surface area contributed by atoms with E-state index < -0.39 is 0 Å². The van der Waals surface area contributed by atoms with Crippen molar-refractivity contribution in [1.29, 1.82) is 0 Å². The van der Waals surface area contributed by atoms with E-state index in [0.717, 1.165) is 38.7 Å². The second kappa shape index (κ2) is 6.28. The molecule has 17 heavy (non-hydrogen) atoms. The van der Waals surface area contributed by atoms with Gasteiger partial charge in [-0.25, -0.2) is 9.97 Å². The summed E-state index contributed by atoms with van der Waals surface area (Å²) in [6, 6.07) is 1.83. The highest BCUT2D eigenvalue weighted by Gasteiger charge is 2.19. The predicted molar refractivity (Wildman–Crippen MR) is 70.5 cm³/mol. The van der Waals surface area contributed by atoms with Crippen LogP contribution in [0.2, 0.25) is 0 Å². The van der Waals surface area contributed by atoms with E-state index in [9.17, 15) is 5.11 Å². The maximum atomic E-state index is 9.57. The third-order valence-corrected chi connectivity index (χ3v) is 3.60. The molecule has 1 aliphatic rings. The van der Waals surface area contributed by atoms with E-state index in [-0.39, 0.29) is 6.10 Å². The van der Waals surface area contributed by atoms with Gasteiger partial charge in [0.05, 0.1) is 6.10 Å². The highest BCUT2D eigenvalue weighted by molar-refractivity contribution is 9.09. The summed E-state index contributed by atoms with van der Waals surface area (Å²) in [6.45, 7) is 4.46. The number of aromatic nitrogens is 2. The summed E-state index contributed by atoms with van der Waals surface area (Å²) >= 11 is 3.28. The molecule has 1 aliphatic heterocycles. The number of alkyl halides is 1. The fourth-order valence-corrected chi connectivity index (χ4v) is 2.14. The van der Waals surface area contributed by atoms with Crippen LogP contribution in [-0.4, -0.2) is 64.1 Å². The first-order valence-corrected chi connectivity index (χ1v) is 6.90. The Hall–Kier alpha value is -0.720. The van der Waals surface area contributed by atoms with E-state index >= 15 is 0 Å². The number of β-amino-alcohol motifs (C(OH)–C–C–N with tert-alkyl or cyclic N) is 1. The Morgan fingerprint density at radius 1 is 1.24 bits per heavy atom. The van der Waals surface area contributed by atoms with Crippen LogP contribution in [0, 0.1) is 0 Å². The lowest BCUT2D eigenvalue weighted by molar-refractivity contribution is 0.126. The Labute approximate surface area is 110 Å². The zero-order chi connectivity index (χ0) is 12.1.